The molecular formula is C12H19N3O3. The Balaban J connectivity index is 2.48. The van der Waals surface area contributed by atoms with Crippen molar-refractivity contribution in [2.75, 3.05) is 13.2 Å². The number of H-pyrrole nitrogens is 1. The third-order valence-corrected chi connectivity index (χ3v) is 2.70. The van der Waals surface area contributed by atoms with Crippen LogP contribution in [0.2, 0.25) is 0 Å². The summed E-state index contributed by atoms with van der Waals surface area (Å²) in [7, 11) is 0. The lowest BCUT2D eigenvalue weighted by Gasteiger charge is -2.15. The first kappa shape index (κ1) is 14.4. The molecule has 1 unspecified atom stereocenters. The van der Waals surface area contributed by atoms with Crippen molar-refractivity contribution >= 4 is 5.91 Å². The van der Waals surface area contributed by atoms with Gasteiger partial charge in [-0.05, 0) is 24.8 Å². The number of aromatic nitrogens is 2. The second-order valence-corrected chi connectivity index (χ2v) is 4.18. The number of carbonyl (C=O) groups is 1. The van der Waals surface area contributed by atoms with Crippen LogP contribution in [0, 0.1) is 5.92 Å². The molecule has 1 amide bonds. The number of hydrogen-bond acceptors (Lipinski definition) is 4. The molecule has 0 saturated heterocycles. The Hall–Kier alpha value is -1.69. The molecule has 0 aromatic carbocycles. The van der Waals surface area contributed by atoms with Gasteiger partial charge in [0.15, 0.2) is 0 Å². The molecule has 6 nitrogen and oxygen atoms in total. The van der Waals surface area contributed by atoms with Gasteiger partial charge in [-0.1, -0.05) is 13.3 Å². The molecule has 1 heterocycles. The summed E-state index contributed by atoms with van der Waals surface area (Å²) in [6.07, 6.45) is 2.64. The van der Waals surface area contributed by atoms with Gasteiger partial charge in [0.1, 0.15) is 5.69 Å². The number of aliphatic hydroxyl groups is 1. The van der Waals surface area contributed by atoms with Crippen molar-refractivity contribution in [3.8, 4) is 0 Å². The predicted molar refractivity (Wildman–Crippen MR) is 67.3 cm³/mol. The van der Waals surface area contributed by atoms with Crippen LogP contribution in [0.1, 0.15) is 36.7 Å². The van der Waals surface area contributed by atoms with Crippen LogP contribution < -0.4 is 10.9 Å². The Morgan fingerprint density at radius 3 is 2.83 bits per heavy atom. The van der Waals surface area contributed by atoms with Gasteiger partial charge in [-0.25, -0.2) is 5.10 Å². The van der Waals surface area contributed by atoms with E-state index in [9.17, 15) is 9.59 Å². The molecule has 6 heteroatoms. The first-order valence-corrected chi connectivity index (χ1v) is 6.12. The van der Waals surface area contributed by atoms with Crippen LogP contribution in [0.3, 0.4) is 0 Å². The van der Waals surface area contributed by atoms with E-state index in [1.165, 1.54) is 12.1 Å². The zero-order valence-corrected chi connectivity index (χ0v) is 10.5. The lowest BCUT2D eigenvalue weighted by Crippen LogP contribution is -2.31. The molecule has 0 bridgehead atoms. The number of rotatable bonds is 7. The van der Waals surface area contributed by atoms with Gasteiger partial charge >= 0.3 is 0 Å². The van der Waals surface area contributed by atoms with Gasteiger partial charge < -0.3 is 10.4 Å². The molecule has 0 aliphatic carbocycles. The molecule has 0 aliphatic heterocycles. The number of amides is 1. The lowest BCUT2D eigenvalue weighted by atomic mass is 10.0. The van der Waals surface area contributed by atoms with Crippen LogP contribution in [0.15, 0.2) is 16.9 Å². The predicted octanol–water partition coefficient (Wildman–Crippen LogP) is 0.298. The Labute approximate surface area is 105 Å². The highest BCUT2D eigenvalue weighted by molar-refractivity contribution is 5.91. The normalized spacial score (nSPS) is 12.1. The first-order valence-electron chi connectivity index (χ1n) is 6.12. The summed E-state index contributed by atoms with van der Waals surface area (Å²) in [4.78, 5) is 22.5. The molecule has 0 aliphatic rings. The van der Waals surface area contributed by atoms with Gasteiger partial charge in [0.25, 0.3) is 11.5 Å². The van der Waals surface area contributed by atoms with Crippen LogP contribution in [0.25, 0.3) is 0 Å². The number of carbonyl (C=O) groups excluding carboxylic acids is 1. The highest BCUT2D eigenvalue weighted by atomic mass is 16.3. The standard InChI is InChI=1S/C12H19N3O3/c1-2-3-9(6-7-16)8-13-12(18)10-4-5-11(17)15-14-10/h4-5,9,16H,2-3,6-8H2,1H3,(H,13,18)(H,15,17). The van der Waals surface area contributed by atoms with Crippen molar-refractivity contribution in [2.24, 2.45) is 5.92 Å². The van der Waals surface area contributed by atoms with Crippen molar-refractivity contribution in [1.82, 2.24) is 15.5 Å². The van der Waals surface area contributed by atoms with E-state index in [2.05, 4.69) is 22.4 Å². The molecule has 0 saturated carbocycles. The maximum absolute atomic E-state index is 11.7. The van der Waals surface area contributed by atoms with Crippen LogP contribution in [-0.2, 0) is 0 Å². The van der Waals surface area contributed by atoms with Crippen LogP contribution in [0.5, 0.6) is 0 Å². The van der Waals surface area contributed by atoms with Crippen molar-refractivity contribution in [2.45, 2.75) is 26.2 Å². The van der Waals surface area contributed by atoms with E-state index in [1.807, 2.05) is 0 Å². The molecule has 0 radical (unpaired) electrons. The Morgan fingerprint density at radius 1 is 1.50 bits per heavy atom. The Bertz CT molecular complexity index is 404. The van der Waals surface area contributed by atoms with E-state index in [4.69, 9.17) is 5.11 Å². The smallest absolute Gasteiger partial charge is 0.271 e. The molecule has 1 aromatic heterocycles. The van der Waals surface area contributed by atoms with Crippen LogP contribution in [0.4, 0.5) is 0 Å². The summed E-state index contributed by atoms with van der Waals surface area (Å²) >= 11 is 0. The first-order chi connectivity index (χ1) is 8.67. The third kappa shape index (κ3) is 4.67. The average molecular weight is 253 g/mol. The zero-order valence-electron chi connectivity index (χ0n) is 10.5. The molecule has 18 heavy (non-hydrogen) atoms. The van der Waals surface area contributed by atoms with Crippen molar-refractivity contribution in [3.63, 3.8) is 0 Å². The average Bonchev–Trinajstić information content (AvgIpc) is 2.37. The highest BCUT2D eigenvalue weighted by Gasteiger charge is 2.11. The van der Waals surface area contributed by atoms with Crippen LogP contribution in [-0.4, -0.2) is 34.4 Å². The molecule has 1 aromatic rings. The Kier molecular flexibility index (Phi) is 6.07. The van der Waals surface area contributed by atoms with E-state index in [0.717, 1.165) is 12.8 Å². The second kappa shape index (κ2) is 7.60. The molecule has 1 rings (SSSR count). The van der Waals surface area contributed by atoms with E-state index in [1.54, 1.807) is 0 Å². The van der Waals surface area contributed by atoms with Crippen LogP contribution >= 0.6 is 0 Å². The van der Waals surface area contributed by atoms with Crippen molar-refractivity contribution in [1.29, 1.82) is 0 Å². The van der Waals surface area contributed by atoms with Gasteiger partial charge in [-0.2, -0.15) is 5.10 Å². The highest BCUT2D eigenvalue weighted by Crippen LogP contribution is 2.09. The largest absolute Gasteiger partial charge is 0.396 e. The number of aromatic amines is 1. The van der Waals surface area contributed by atoms with Crippen molar-refractivity contribution in [3.05, 3.63) is 28.2 Å². The molecular weight excluding hydrogens is 234 g/mol. The summed E-state index contributed by atoms with van der Waals surface area (Å²) in [5.41, 5.74) is -0.149. The summed E-state index contributed by atoms with van der Waals surface area (Å²) in [5.74, 6) is -0.0444. The van der Waals surface area contributed by atoms with Gasteiger partial charge in [-0.15, -0.1) is 0 Å². The lowest BCUT2D eigenvalue weighted by molar-refractivity contribution is 0.0936. The zero-order chi connectivity index (χ0) is 13.4. The quantitative estimate of drug-likeness (QED) is 0.651. The summed E-state index contributed by atoms with van der Waals surface area (Å²) in [5, 5.41) is 17.5. The number of nitrogens with one attached hydrogen (secondary N) is 2. The molecule has 1 atom stereocenters. The topological polar surface area (TPSA) is 95.1 Å². The van der Waals surface area contributed by atoms with E-state index in [-0.39, 0.29) is 29.7 Å². The number of hydrogen-bond donors (Lipinski definition) is 3. The van der Waals surface area contributed by atoms with Gasteiger partial charge in [0.2, 0.25) is 0 Å². The molecule has 0 fully saturated rings. The monoisotopic (exact) mass is 253 g/mol. The van der Waals surface area contributed by atoms with Gasteiger partial charge in [-0.3, -0.25) is 9.59 Å². The van der Waals surface area contributed by atoms with Gasteiger partial charge in [0.05, 0.1) is 0 Å². The summed E-state index contributed by atoms with van der Waals surface area (Å²) in [6.45, 7) is 2.70. The minimum absolute atomic E-state index is 0.122. The molecule has 0 spiro atoms. The third-order valence-electron chi connectivity index (χ3n) is 2.70. The fraction of sp³-hybridized carbons (Fsp3) is 0.583. The summed E-state index contributed by atoms with van der Waals surface area (Å²) < 4.78 is 0. The number of aliphatic hydroxyl groups excluding tert-OH is 1. The maximum atomic E-state index is 11.7. The number of nitrogens with zero attached hydrogens (tertiary/aromatic N) is 1. The molecule has 3 N–H and O–H groups in total. The second-order valence-electron chi connectivity index (χ2n) is 4.18. The van der Waals surface area contributed by atoms with E-state index in [0.29, 0.717) is 13.0 Å². The van der Waals surface area contributed by atoms with Crippen molar-refractivity contribution < 1.29 is 9.90 Å². The minimum Gasteiger partial charge on any atom is -0.396 e. The fourth-order valence-electron chi connectivity index (χ4n) is 1.74. The SMILES string of the molecule is CCCC(CCO)CNC(=O)c1ccc(=O)[nH]n1. The van der Waals surface area contributed by atoms with E-state index < -0.39 is 0 Å². The minimum atomic E-state index is -0.337. The maximum Gasteiger partial charge on any atom is 0.271 e. The molecule has 100 valence electrons. The fourth-order valence-corrected chi connectivity index (χ4v) is 1.74. The Morgan fingerprint density at radius 2 is 2.28 bits per heavy atom. The van der Waals surface area contributed by atoms with E-state index >= 15 is 0 Å². The summed E-state index contributed by atoms with van der Waals surface area (Å²) in [6, 6.07) is 2.65. The van der Waals surface area contributed by atoms with Gasteiger partial charge in [0, 0.05) is 19.2 Å².